The molecular weight excluding hydrogens is 210 g/mol. The zero-order valence-corrected chi connectivity index (χ0v) is 9.14. The van der Waals surface area contributed by atoms with Crippen LogP contribution in [0.1, 0.15) is 16.1 Å². The maximum Gasteiger partial charge on any atom is 0.265 e. The van der Waals surface area contributed by atoms with E-state index >= 15 is 0 Å². The van der Waals surface area contributed by atoms with Crippen molar-refractivity contribution in [3.8, 4) is 6.07 Å². The molecule has 86 valence electrons. The number of ether oxygens (including phenoxy) is 2. The number of carbonyl (C=O) groups excluding carboxylic acids is 1. The third kappa shape index (κ3) is 2.59. The summed E-state index contributed by atoms with van der Waals surface area (Å²) in [5.41, 5.74) is 5.83. The first kappa shape index (κ1) is 12.2. The molecule has 0 unspecified atom stereocenters. The highest BCUT2D eigenvalue weighted by atomic mass is 16.7. The first-order chi connectivity index (χ1) is 7.62. The number of nitrogens with two attached hydrogens (primary N) is 1. The second-order valence-electron chi connectivity index (χ2n) is 3.14. The van der Waals surface area contributed by atoms with Crippen molar-refractivity contribution in [2.75, 3.05) is 14.2 Å². The molecule has 1 amide bonds. The largest absolute Gasteiger partial charge is 0.364 e. The Kier molecular flexibility index (Phi) is 4.05. The maximum absolute atomic E-state index is 11.1. The van der Waals surface area contributed by atoms with Gasteiger partial charge in [-0.3, -0.25) is 4.79 Å². The smallest absolute Gasteiger partial charge is 0.265 e. The minimum Gasteiger partial charge on any atom is -0.364 e. The van der Waals surface area contributed by atoms with Crippen LogP contribution < -0.4 is 5.73 Å². The van der Waals surface area contributed by atoms with E-state index in [2.05, 4.69) is 0 Å². The average Bonchev–Trinajstić information content (AvgIpc) is 2.69. The summed E-state index contributed by atoms with van der Waals surface area (Å²) in [6.07, 6.45) is 1.04. The van der Waals surface area contributed by atoms with Crippen molar-refractivity contribution in [1.82, 2.24) is 4.57 Å². The average molecular weight is 223 g/mol. The Labute approximate surface area is 93.2 Å². The van der Waals surface area contributed by atoms with Crippen molar-refractivity contribution in [2.24, 2.45) is 5.73 Å². The summed E-state index contributed by atoms with van der Waals surface area (Å²) in [6, 6.07) is 3.38. The van der Waals surface area contributed by atoms with Crippen LogP contribution in [0.5, 0.6) is 0 Å². The lowest BCUT2D eigenvalue weighted by atomic mass is 10.3. The number of carbonyl (C=O) groups is 1. The van der Waals surface area contributed by atoms with E-state index in [0.717, 1.165) is 0 Å². The van der Waals surface area contributed by atoms with Crippen LogP contribution in [0.2, 0.25) is 0 Å². The van der Waals surface area contributed by atoms with E-state index in [1.807, 2.05) is 6.07 Å². The third-order valence-electron chi connectivity index (χ3n) is 2.15. The van der Waals surface area contributed by atoms with E-state index < -0.39 is 12.2 Å². The summed E-state index contributed by atoms with van der Waals surface area (Å²) in [6.45, 7) is 0.299. The standard InChI is InChI=1S/C10H13N3O3/c1-15-9(16-2)6-13-5-7(4-11)3-8(13)10(12)14/h3,5,9H,6H2,1-2H3,(H2,12,14). The Morgan fingerprint density at radius 3 is 2.69 bits per heavy atom. The lowest BCUT2D eigenvalue weighted by Gasteiger charge is -2.15. The number of nitrogens with zero attached hydrogens (tertiary/aromatic N) is 2. The fourth-order valence-corrected chi connectivity index (χ4v) is 1.34. The first-order valence-corrected chi connectivity index (χ1v) is 4.58. The Hall–Kier alpha value is -1.84. The molecule has 0 radical (unpaired) electrons. The number of methoxy groups -OCH3 is 2. The van der Waals surface area contributed by atoms with Crippen LogP contribution in [0.15, 0.2) is 12.3 Å². The molecule has 1 aromatic heterocycles. The van der Waals surface area contributed by atoms with Crippen molar-refractivity contribution in [2.45, 2.75) is 12.8 Å². The lowest BCUT2D eigenvalue weighted by molar-refractivity contribution is -0.111. The molecule has 0 atom stereocenters. The Balaban J connectivity index is 2.98. The molecule has 1 heterocycles. The molecule has 6 heteroatoms. The molecule has 0 bridgehead atoms. The van der Waals surface area contributed by atoms with Crippen molar-refractivity contribution >= 4 is 5.91 Å². The normalized spacial score (nSPS) is 10.4. The topological polar surface area (TPSA) is 90.3 Å². The van der Waals surface area contributed by atoms with Crippen molar-refractivity contribution in [3.63, 3.8) is 0 Å². The summed E-state index contributed by atoms with van der Waals surface area (Å²) in [5.74, 6) is -0.590. The van der Waals surface area contributed by atoms with Crippen LogP contribution in [-0.2, 0) is 16.0 Å². The van der Waals surface area contributed by atoms with Crippen LogP contribution in [0, 0.1) is 11.3 Å². The molecule has 0 fully saturated rings. The number of primary amides is 1. The second-order valence-corrected chi connectivity index (χ2v) is 3.14. The zero-order valence-electron chi connectivity index (χ0n) is 9.14. The summed E-state index contributed by atoms with van der Waals surface area (Å²) in [5, 5.41) is 8.73. The van der Waals surface area contributed by atoms with Gasteiger partial charge in [0, 0.05) is 20.4 Å². The lowest BCUT2D eigenvalue weighted by Crippen LogP contribution is -2.24. The molecular formula is C10H13N3O3. The number of hydrogen-bond donors (Lipinski definition) is 1. The van der Waals surface area contributed by atoms with Gasteiger partial charge in [0.1, 0.15) is 11.8 Å². The summed E-state index contributed by atoms with van der Waals surface area (Å²) < 4.78 is 11.5. The Morgan fingerprint density at radius 1 is 1.62 bits per heavy atom. The second kappa shape index (κ2) is 5.30. The number of aromatic nitrogens is 1. The van der Waals surface area contributed by atoms with E-state index in [-0.39, 0.29) is 5.69 Å². The van der Waals surface area contributed by atoms with Gasteiger partial charge < -0.3 is 19.8 Å². The van der Waals surface area contributed by atoms with Crippen LogP contribution >= 0.6 is 0 Å². The van der Waals surface area contributed by atoms with Crippen LogP contribution in [-0.4, -0.2) is 31.0 Å². The molecule has 0 saturated carbocycles. The highest BCUT2D eigenvalue weighted by Gasteiger charge is 2.14. The monoisotopic (exact) mass is 223 g/mol. The molecule has 0 aliphatic heterocycles. The SMILES string of the molecule is COC(Cn1cc(C#N)cc1C(N)=O)OC. The van der Waals surface area contributed by atoms with E-state index in [0.29, 0.717) is 12.1 Å². The molecule has 1 aromatic rings. The summed E-state index contributed by atoms with van der Waals surface area (Å²) >= 11 is 0. The van der Waals surface area contributed by atoms with E-state index in [1.165, 1.54) is 26.5 Å². The molecule has 0 saturated heterocycles. The van der Waals surface area contributed by atoms with Gasteiger partial charge in [0.25, 0.3) is 5.91 Å². The van der Waals surface area contributed by atoms with Gasteiger partial charge in [-0.15, -0.1) is 0 Å². The van der Waals surface area contributed by atoms with E-state index in [9.17, 15) is 4.79 Å². The van der Waals surface area contributed by atoms with Gasteiger partial charge in [-0.05, 0) is 6.07 Å². The highest BCUT2D eigenvalue weighted by molar-refractivity contribution is 5.91. The van der Waals surface area contributed by atoms with Crippen LogP contribution in [0.25, 0.3) is 0 Å². The molecule has 2 N–H and O–H groups in total. The predicted molar refractivity (Wildman–Crippen MR) is 55.5 cm³/mol. The number of rotatable bonds is 5. The van der Waals surface area contributed by atoms with Gasteiger partial charge >= 0.3 is 0 Å². The molecule has 16 heavy (non-hydrogen) atoms. The number of nitriles is 1. The summed E-state index contributed by atoms with van der Waals surface area (Å²) in [4.78, 5) is 11.1. The minimum absolute atomic E-state index is 0.260. The Bertz CT molecular complexity index is 415. The highest BCUT2D eigenvalue weighted by Crippen LogP contribution is 2.09. The quantitative estimate of drug-likeness (QED) is 0.715. The van der Waals surface area contributed by atoms with Crippen molar-refractivity contribution in [3.05, 3.63) is 23.5 Å². The van der Waals surface area contributed by atoms with Crippen molar-refractivity contribution in [1.29, 1.82) is 5.26 Å². The number of hydrogen-bond acceptors (Lipinski definition) is 4. The van der Waals surface area contributed by atoms with Gasteiger partial charge in [0.05, 0.1) is 12.1 Å². The molecule has 6 nitrogen and oxygen atoms in total. The van der Waals surface area contributed by atoms with Gasteiger partial charge in [0.2, 0.25) is 0 Å². The fourth-order valence-electron chi connectivity index (χ4n) is 1.34. The van der Waals surface area contributed by atoms with Gasteiger partial charge in [-0.2, -0.15) is 5.26 Å². The van der Waals surface area contributed by atoms with Gasteiger partial charge in [0.15, 0.2) is 6.29 Å². The first-order valence-electron chi connectivity index (χ1n) is 4.58. The molecule has 0 aliphatic rings. The molecule has 0 aromatic carbocycles. The van der Waals surface area contributed by atoms with E-state index in [4.69, 9.17) is 20.5 Å². The third-order valence-corrected chi connectivity index (χ3v) is 2.15. The molecule has 1 rings (SSSR count). The van der Waals surface area contributed by atoms with Crippen LogP contribution in [0.4, 0.5) is 0 Å². The predicted octanol–water partition coefficient (Wildman–Crippen LogP) is 0.0776. The zero-order chi connectivity index (χ0) is 12.1. The molecule has 0 spiro atoms. The van der Waals surface area contributed by atoms with Crippen LogP contribution in [0.3, 0.4) is 0 Å². The minimum atomic E-state index is -0.590. The maximum atomic E-state index is 11.1. The van der Waals surface area contributed by atoms with E-state index in [1.54, 1.807) is 4.57 Å². The van der Waals surface area contributed by atoms with Crippen molar-refractivity contribution < 1.29 is 14.3 Å². The summed E-state index contributed by atoms with van der Waals surface area (Å²) in [7, 11) is 2.99. The van der Waals surface area contributed by atoms with Gasteiger partial charge in [-0.1, -0.05) is 0 Å². The Morgan fingerprint density at radius 2 is 2.25 bits per heavy atom. The molecule has 0 aliphatic carbocycles. The number of amides is 1. The fraction of sp³-hybridized carbons (Fsp3) is 0.400. The van der Waals surface area contributed by atoms with Gasteiger partial charge in [-0.25, -0.2) is 0 Å².